The maximum atomic E-state index is 12.4. The molecule has 0 fully saturated rings. The summed E-state index contributed by atoms with van der Waals surface area (Å²) < 4.78 is 1.69. The van der Waals surface area contributed by atoms with Gasteiger partial charge in [-0.05, 0) is 31.2 Å². The quantitative estimate of drug-likeness (QED) is 0.550. The van der Waals surface area contributed by atoms with Crippen molar-refractivity contribution in [2.24, 2.45) is 0 Å². The molecule has 0 saturated heterocycles. The van der Waals surface area contributed by atoms with Crippen molar-refractivity contribution < 1.29 is 15.0 Å². The molecule has 7 nitrogen and oxygen atoms in total. The number of aromatic hydroxyl groups is 2. The first-order valence-electron chi connectivity index (χ1n) is 7.18. The molecule has 24 heavy (non-hydrogen) atoms. The van der Waals surface area contributed by atoms with Gasteiger partial charge in [0.1, 0.15) is 22.8 Å². The van der Waals surface area contributed by atoms with Crippen molar-refractivity contribution in [2.45, 2.75) is 6.92 Å². The number of carbonyl (C=O) groups is 1. The van der Waals surface area contributed by atoms with E-state index in [1.165, 1.54) is 18.2 Å². The summed E-state index contributed by atoms with van der Waals surface area (Å²) in [6.07, 6.45) is 1.75. The number of imidazole rings is 1. The van der Waals surface area contributed by atoms with Gasteiger partial charge in [0.15, 0.2) is 0 Å². The SMILES string of the molecule is C=C(NNC(=O)c1c(C)nc2ccccn12)c1ccc(O)cc1O. The lowest BCUT2D eigenvalue weighted by Gasteiger charge is -2.12. The van der Waals surface area contributed by atoms with Gasteiger partial charge in [-0.1, -0.05) is 12.6 Å². The molecule has 0 aliphatic rings. The molecule has 0 aliphatic carbocycles. The van der Waals surface area contributed by atoms with Crippen LogP contribution in [0.2, 0.25) is 0 Å². The summed E-state index contributed by atoms with van der Waals surface area (Å²) in [5.74, 6) is -0.590. The van der Waals surface area contributed by atoms with Crippen molar-refractivity contribution in [1.29, 1.82) is 0 Å². The molecule has 0 aliphatic heterocycles. The van der Waals surface area contributed by atoms with Crippen LogP contribution in [0.4, 0.5) is 0 Å². The molecular formula is C17H16N4O3. The number of fused-ring (bicyclic) bond motifs is 1. The highest BCUT2D eigenvalue weighted by atomic mass is 16.3. The van der Waals surface area contributed by atoms with Gasteiger partial charge in [-0.25, -0.2) is 4.98 Å². The zero-order chi connectivity index (χ0) is 17.3. The number of pyridine rings is 1. The van der Waals surface area contributed by atoms with E-state index in [0.717, 1.165) is 0 Å². The lowest BCUT2D eigenvalue weighted by Crippen LogP contribution is -2.36. The highest BCUT2D eigenvalue weighted by molar-refractivity contribution is 5.94. The van der Waals surface area contributed by atoms with E-state index in [9.17, 15) is 15.0 Å². The Balaban J connectivity index is 1.77. The van der Waals surface area contributed by atoms with Crippen LogP contribution >= 0.6 is 0 Å². The maximum absolute atomic E-state index is 12.4. The molecule has 0 bridgehead atoms. The molecule has 2 aromatic heterocycles. The Kier molecular flexibility index (Phi) is 3.83. The molecule has 1 aromatic carbocycles. The van der Waals surface area contributed by atoms with Gasteiger partial charge in [-0.15, -0.1) is 0 Å². The van der Waals surface area contributed by atoms with Crippen LogP contribution in [0.15, 0.2) is 49.2 Å². The minimum atomic E-state index is -0.384. The molecule has 0 spiro atoms. The molecule has 7 heteroatoms. The number of nitrogens with zero attached hydrogens (tertiary/aromatic N) is 2. The third-order valence-electron chi connectivity index (χ3n) is 3.55. The highest BCUT2D eigenvalue weighted by Crippen LogP contribution is 2.26. The molecule has 122 valence electrons. The molecule has 2 heterocycles. The third-order valence-corrected chi connectivity index (χ3v) is 3.55. The van der Waals surface area contributed by atoms with Gasteiger partial charge in [0, 0.05) is 17.8 Å². The zero-order valence-electron chi connectivity index (χ0n) is 12.9. The van der Waals surface area contributed by atoms with Crippen molar-refractivity contribution in [3.05, 3.63) is 66.1 Å². The van der Waals surface area contributed by atoms with Gasteiger partial charge < -0.3 is 10.2 Å². The Morgan fingerprint density at radius 1 is 1.21 bits per heavy atom. The number of carbonyl (C=O) groups excluding carboxylic acids is 1. The number of aryl methyl sites for hydroxylation is 1. The number of nitrogens with one attached hydrogen (secondary N) is 2. The first kappa shape index (κ1) is 15.4. The molecular weight excluding hydrogens is 308 g/mol. The van der Waals surface area contributed by atoms with E-state index in [0.29, 0.717) is 22.6 Å². The van der Waals surface area contributed by atoms with Crippen LogP contribution in [0.3, 0.4) is 0 Å². The van der Waals surface area contributed by atoms with Crippen molar-refractivity contribution >= 4 is 17.3 Å². The normalized spacial score (nSPS) is 10.5. The van der Waals surface area contributed by atoms with Crippen LogP contribution in [0.5, 0.6) is 11.5 Å². The number of phenolic OH excluding ortho intramolecular Hbond substituents is 2. The lowest BCUT2D eigenvalue weighted by molar-refractivity contribution is 0.0936. The van der Waals surface area contributed by atoms with Gasteiger partial charge in [0.25, 0.3) is 5.91 Å². The maximum Gasteiger partial charge on any atom is 0.288 e. The van der Waals surface area contributed by atoms with E-state index in [2.05, 4.69) is 22.4 Å². The number of aromatic nitrogens is 2. The van der Waals surface area contributed by atoms with E-state index in [-0.39, 0.29) is 23.1 Å². The van der Waals surface area contributed by atoms with Crippen LogP contribution in [0.25, 0.3) is 11.3 Å². The molecule has 0 atom stereocenters. The first-order chi connectivity index (χ1) is 11.5. The second kappa shape index (κ2) is 5.96. The molecule has 0 unspecified atom stereocenters. The summed E-state index contributed by atoms with van der Waals surface area (Å²) in [5, 5.41) is 19.1. The van der Waals surface area contributed by atoms with Crippen molar-refractivity contribution in [3.8, 4) is 11.5 Å². The first-order valence-corrected chi connectivity index (χ1v) is 7.18. The van der Waals surface area contributed by atoms with E-state index in [1.807, 2.05) is 18.2 Å². The Bertz CT molecular complexity index is 946. The number of hydrazine groups is 1. The molecule has 3 aromatic rings. The number of hydrogen-bond acceptors (Lipinski definition) is 5. The Hall–Kier alpha value is -3.48. The largest absolute Gasteiger partial charge is 0.508 e. The van der Waals surface area contributed by atoms with Crippen molar-refractivity contribution in [2.75, 3.05) is 0 Å². The fourth-order valence-electron chi connectivity index (χ4n) is 2.42. The topological polar surface area (TPSA) is 98.9 Å². The van der Waals surface area contributed by atoms with Gasteiger partial charge in [0.2, 0.25) is 0 Å². The van der Waals surface area contributed by atoms with Crippen molar-refractivity contribution in [1.82, 2.24) is 20.2 Å². The second-order valence-electron chi connectivity index (χ2n) is 5.23. The van der Waals surface area contributed by atoms with E-state index >= 15 is 0 Å². The number of phenols is 2. The number of benzene rings is 1. The second-order valence-corrected chi connectivity index (χ2v) is 5.23. The average molecular weight is 324 g/mol. The molecule has 0 saturated carbocycles. The summed E-state index contributed by atoms with van der Waals surface area (Å²) >= 11 is 0. The van der Waals surface area contributed by atoms with Gasteiger partial charge in [-0.2, -0.15) is 0 Å². The molecule has 1 amide bonds. The standard InChI is InChI=1S/C17H16N4O3/c1-10(13-7-6-12(22)9-14(13)23)19-20-17(24)16-11(2)18-15-5-3-4-8-21(15)16/h3-9,19,22-23H,1H2,2H3,(H,20,24). The molecule has 4 N–H and O–H groups in total. The van der Waals surface area contributed by atoms with Crippen LogP contribution < -0.4 is 10.9 Å². The van der Waals surface area contributed by atoms with Crippen LogP contribution in [-0.2, 0) is 0 Å². The summed E-state index contributed by atoms with van der Waals surface area (Å²) in [6, 6.07) is 9.57. The zero-order valence-corrected chi connectivity index (χ0v) is 12.9. The molecule has 3 rings (SSSR count). The van der Waals surface area contributed by atoms with E-state index in [1.54, 1.807) is 17.5 Å². The highest BCUT2D eigenvalue weighted by Gasteiger charge is 2.16. The minimum Gasteiger partial charge on any atom is -0.508 e. The minimum absolute atomic E-state index is 0.0607. The lowest BCUT2D eigenvalue weighted by atomic mass is 10.1. The predicted molar refractivity (Wildman–Crippen MR) is 89.3 cm³/mol. The Morgan fingerprint density at radius 3 is 2.75 bits per heavy atom. The summed E-state index contributed by atoms with van der Waals surface area (Å²) in [7, 11) is 0. The summed E-state index contributed by atoms with van der Waals surface area (Å²) in [4.78, 5) is 16.8. The number of rotatable bonds is 4. The van der Waals surface area contributed by atoms with Gasteiger partial charge in [0.05, 0.1) is 11.4 Å². The number of hydrogen-bond donors (Lipinski definition) is 4. The van der Waals surface area contributed by atoms with E-state index in [4.69, 9.17) is 0 Å². The average Bonchev–Trinajstić information content (AvgIpc) is 2.88. The fourth-order valence-corrected chi connectivity index (χ4v) is 2.42. The van der Waals surface area contributed by atoms with Crippen LogP contribution in [0.1, 0.15) is 21.7 Å². The monoisotopic (exact) mass is 324 g/mol. The molecule has 0 radical (unpaired) electrons. The smallest absolute Gasteiger partial charge is 0.288 e. The number of amides is 1. The Morgan fingerprint density at radius 2 is 2.00 bits per heavy atom. The van der Waals surface area contributed by atoms with Gasteiger partial charge in [-0.3, -0.25) is 20.0 Å². The summed E-state index contributed by atoms with van der Waals surface area (Å²) in [5.41, 5.74) is 7.52. The van der Waals surface area contributed by atoms with Gasteiger partial charge >= 0.3 is 0 Å². The van der Waals surface area contributed by atoms with Crippen LogP contribution in [-0.4, -0.2) is 25.5 Å². The van der Waals surface area contributed by atoms with Crippen molar-refractivity contribution in [3.63, 3.8) is 0 Å². The van der Waals surface area contributed by atoms with E-state index < -0.39 is 0 Å². The summed E-state index contributed by atoms with van der Waals surface area (Å²) in [6.45, 7) is 5.52. The van der Waals surface area contributed by atoms with Crippen LogP contribution in [0, 0.1) is 6.92 Å². The predicted octanol–water partition coefficient (Wildman–Crippen LogP) is 1.96. The Labute approximate surface area is 137 Å². The fraction of sp³-hybridized carbons (Fsp3) is 0.0588. The third kappa shape index (κ3) is 2.74.